The van der Waals surface area contributed by atoms with Gasteiger partial charge in [-0.25, -0.2) is 4.79 Å². The fourth-order valence-electron chi connectivity index (χ4n) is 2.71. The quantitative estimate of drug-likeness (QED) is 0.423. The molecule has 0 unspecified atom stereocenters. The predicted octanol–water partition coefficient (Wildman–Crippen LogP) is 2.85. The van der Waals surface area contributed by atoms with Crippen LogP contribution >= 0.6 is 0 Å². The molecule has 9 heteroatoms. The van der Waals surface area contributed by atoms with Gasteiger partial charge in [0.25, 0.3) is 11.6 Å². The number of benzene rings is 2. The first-order chi connectivity index (χ1) is 14.1. The molecule has 0 aromatic heterocycles. The van der Waals surface area contributed by atoms with Gasteiger partial charge in [0.15, 0.2) is 6.10 Å². The van der Waals surface area contributed by atoms with Gasteiger partial charge in [-0.2, -0.15) is 0 Å². The van der Waals surface area contributed by atoms with Gasteiger partial charge in [-0.1, -0.05) is 17.7 Å². The SMILES string of the molecule is Cc1ccc(NC(=O)CN(C)C(=O)[C@H](C)OC(=O)c2ccc([N+](=O)[O-])c(C)c2)cc1. The second-order valence-electron chi connectivity index (χ2n) is 6.91. The van der Waals surface area contributed by atoms with Crippen LogP contribution in [0.4, 0.5) is 11.4 Å². The van der Waals surface area contributed by atoms with Crippen LogP contribution in [0.3, 0.4) is 0 Å². The summed E-state index contributed by atoms with van der Waals surface area (Å²) in [6.45, 7) is 4.61. The minimum absolute atomic E-state index is 0.0949. The summed E-state index contributed by atoms with van der Waals surface area (Å²) >= 11 is 0. The number of hydrogen-bond donors (Lipinski definition) is 1. The molecule has 0 aliphatic heterocycles. The number of anilines is 1. The lowest BCUT2D eigenvalue weighted by atomic mass is 10.1. The molecule has 0 heterocycles. The highest BCUT2D eigenvalue weighted by molar-refractivity contribution is 5.96. The van der Waals surface area contributed by atoms with E-state index in [4.69, 9.17) is 4.74 Å². The second-order valence-corrected chi connectivity index (χ2v) is 6.91. The molecule has 9 nitrogen and oxygen atoms in total. The predicted molar refractivity (Wildman–Crippen MR) is 110 cm³/mol. The number of amides is 2. The summed E-state index contributed by atoms with van der Waals surface area (Å²) in [5.74, 6) is -1.73. The van der Waals surface area contributed by atoms with Crippen LogP contribution in [-0.4, -0.2) is 47.3 Å². The van der Waals surface area contributed by atoms with Gasteiger partial charge >= 0.3 is 5.97 Å². The molecule has 0 bridgehead atoms. The maximum absolute atomic E-state index is 12.4. The average Bonchev–Trinajstić information content (AvgIpc) is 2.68. The van der Waals surface area contributed by atoms with Crippen LogP contribution in [-0.2, 0) is 14.3 Å². The molecule has 1 atom stereocenters. The molecule has 0 aliphatic rings. The van der Waals surface area contributed by atoms with Gasteiger partial charge in [-0.05, 0) is 45.0 Å². The van der Waals surface area contributed by atoms with E-state index in [1.165, 1.54) is 39.1 Å². The highest BCUT2D eigenvalue weighted by atomic mass is 16.6. The Balaban J connectivity index is 1.93. The van der Waals surface area contributed by atoms with Crippen LogP contribution in [0.25, 0.3) is 0 Å². The van der Waals surface area contributed by atoms with E-state index in [1.54, 1.807) is 12.1 Å². The fourth-order valence-corrected chi connectivity index (χ4v) is 2.71. The monoisotopic (exact) mass is 413 g/mol. The van der Waals surface area contributed by atoms with E-state index < -0.39 is 22.9 Å². The second kappa shape index (κ2) is 9.64. The van der Waals surface area contributed by atoms with Gasteiger partial charge in [0.1, 0.15) is 0 Å². The summed E-state index contributed by atoms with van der Waals surface area (Å²) < 4.78 is 5.16. The summed E-state index contributed by atoms with van der Waals surface area (Å²) in [7, 11) is 1.43. The molecule has 1 N–H and O–H groups in total. The highest BCUT2D eigenvalue weighted by Gasteiger charge is 2.24. The molecule has 0 radical (unpaired) electrons. The standard InChI is InChI=1S/C21H23N3O6/c1-13-5-8-17(9-6-13)22-19(25)12-23(4)20(26)15(3)30-21(27)16-7-10-18(24(28)29)14(2)11-16/h5-11,15H,12H2,1-4H3,(H,22,25)/t15-/m0/s1. The van der Waals surface area contributed by atoms with Crippen molar-refractivity contribution in [3.05, 3.63) is 69.3 Å². The van der Waals surface area contributed by atoms with Gasteiger partial charge in [0.2, 0.25) is 5.91 Å². The van der Waals surface area contributed by atoms with E-state index in [1.807, 2.05) is 19.1 Å². The van der Waals surface area contributed by atoms with Crippen molar-refractivity contribution in [1.29, 1.82) is 0 Å². The van der Waals surface area contributed by atoms with E-state index in [-0.39, 0.29) is 23.7 Å². The van der Waals surface area contributed by atoms with Gasteiger partial charge in [0.05, 0.1) is 17.0 Å². The molecule has 2 aromatic carbocycles. The number of carbonyl (C=O) groups is 3. The molecule has 2 aromatic rings. The molecule has 0 saturated carbocycles. The molecule has 158 valence electrons. The largest absolute Gasteiger partial charge is 0.449 e. The van der Waals surface area contributed by atoms with E-state index in [0.717, 1.165) is 10.5 Å². The Morgan fingerprint density at radius 1 is 1.13 bits per heavy atom. The van der Waals surface area contributed by atoms with Crippen LogP contribution in [0, 0.1) is 24.0 Å². The third-order valence-electron chi connectivity index (χ3n) is 4.35. The number of esters is 1. The Morgan fingerprint density at radius 3 is 2.33 bits per heavy atom. The van der Waals surface area contributed by atoms with Crippen LogP contribution in [0.1, 0.15) is 28.4 Å². The van der Waals surface area contributed by atoms with Crippen LogP contribution in [0.2, 0.25) is 0 Å². The summed E-state index contributed by atoms with van der Waals surface area (Å²) in [5.41, 5.74) is 1.95. The number of carbonyl (C=O) groups excluding carboxylic acids is 3. The van der Waals surface area contributed by atoms with E-state index in [2.05, 4.69) is 5.32 Å². The number of nitro groups is 1. The molecule has 0 aliphatic carbocycles. The average molecular weight is 413 g/mol. The Kier molecular flexibility index (Phi) is 7.24. The van der Waals surface area contributed by atoms with E-state index in [0.29, 0.717) is 11.3 Å². The third kappa shape index (κ3) is 5.87. The summed E-state index contributed by atoms with van der Waals surface area (Å²) in [4.78, 5) is 48.3. The van der Waals surface area contributed by atoms with Crippen molar-refractivity contribution in [1.82, 2.24) is 4.90 Å². The van der Waals surface area contributed by atoms with Crippen LogP contribution < -0.4 is 5.32 Å². The highest BCUT2D eigenvalue weighted by Crippen LogP contribution is 2.19. The minimum Gasteiger partial charge on any atom is -0.449 e. The van der Waals surface area contributed by atoms with Crippen molar-refractivity contribution < 1.29 is 24.0 Å². The maximum Gasteiger partial charge on any atom is 0.338 e. The zero-order chi connectivity index (χ0) is 22.4. The van der Waals surface area contributed by atoms with Gasteiger partial charge in [-0.3, -0.25) is 19.7 Å². The Morgan fingerprint density at radius 2 is 1.77 bits per heavy atom. The number of nitro benzene ring substituents is 1. The number of nitrogens with zero attached hydrogens (tertiary/aromatic N) is 2. The van der Waals surface area contributed by atoms with Crippen molar-refractivity contribution >= 4 is 29.2 Å². The molecule has 2 amide bonds. The zero-order valence-corrected chi connectivity index (χ0v) is 17.2. The zero-order valence-electron chi connectivity index (χ0n) is 17.2. The number of rotatable bonds is 7. The summed E-state index contributed by atoms with van der Waals surface area (Å²) in [5, 5.41) is 13.6. The van der Waals surface area contributed by atoms with Gasteiger partial charge in [-0.15, -0.1) is 0 Å². The maximum atomic E-state index is 12.4. The fraction of sp³-hybridized carbons (Fsp3) is 0.286. The van der Waals surface area contributed by atoms with E-state index in [9.17, 15) is 24.5 Å². The molecule has 0 spiro atoms. The number of hydrogen-bond acceptors (Lipinski definition) is 6. The molecular formula is C21H23N3O6. The smallest absolute Gasteiger partial charge is 0.338 e. The summed E-state index contributed by atoms with van der Waals surface area (Å²) in [6, 6.07) is 11.0. The van der Waals surface area contributed by atoms with E-state index >= 15 is 0 Å². The third-order valence-corrected chi connectivity index (χ3v) is 4.35. The van der Waals surface area contributed by atoms with Crippen molar-refractivity contribution in [2.24, 2.45) is 0 Å². The number of aryl methyl sites for hydroxylation is 2. The normalized spacial score (nSPS) is 11.3. The lowest BCUT2D eigenvalue weighted by molar-refractivity contribution is -0.385. The van der Waals surface area contributed by atoms with Crippen molar-refractivity contribution in [3.8, 4) is 0 Å². The number of ether oxygens (including phenoxy) is 1. The Bertz CT molecular complexity index is 971. The van der Waals surface area contributed by atoms with Crippen LogP contribution in [0.15, 0.2) is 42.5 Å². The van der Waals surface area contributed by atoms with Crippen molar-refractivity contribution in [3.63, 3.8) is 0 Å². The molecule has 0 fully saturated rings. The molecule has 0 saturated heterocycles. The summed E-state index contributed by atoms with van der Waals surface area (Å²) in [6.07, 6.45) is -1.13. The first-order valence-electron chi connectivity index (χ1n) is 9.16. The van der Waals surface area contributed by atoms with Crippen molar-refractivity contribution in [2.75, 3.05) is 18.9 Å². The van der Waals surface area contributed by atoms with Crippen LogP contribution in [0.5, 0.6) is 0 Å². The molecular weight excluding hydrogens is 390 g/mol. The van der Waals surface area contributed by atoms with Gasteiger partial charge in [0, 0.05) is 24.4 Å². The topological polar surface area (TPSA) is 119 Å². The molecule has 2 rings (SSSR count). The minimum atomic E-state index is -1.13. The lowest BCUT2D eigenvalue weighted by Gasteiger charge is -2.21. The van der Waals surface area contributed by atoms with Gasteiger partial charge < -0.3 is 15.0 Å². The first-order valence-corrected chi connectivity index (χ1v) is 9.16. The Labute approximate surface area is 173 Å². The lowest BCUT2D eigenvalue weighted by Crippen LogP contribution is -2.41. The number of likely N-dealkylation sites (N-methyl/N-ethyl adjacent to an activating group) is 1. The van der Waals surface area contributed by atoms with Crippen molar-refractivity contribution in [2.45, 2.75) is 26.9 Å². The molecule has 30 heavy (non-hydrogen) atoms. The first kappa shape index (κ1) is 22.5. The number of nitrogens with one attached hydrogen (secondary N) is 1. The Hall–Kier alpha value is -3.75.